The molecule has 116 valence electrons. The molecule has 2 heterocycles. The molecule has 0 bridgehead atoms. The van der Waals surface area contributed by atoms with Gasteiger partial charge in [-0.3, -0.25) is 9.59 Å². The zero-order chi connectivity index (χ0) is 15.2. The van der Waals surface area contributed by atoms with E-state index in [4.69, 9.17) is 9.84 Å². The van der Waals surface area contributed by atoms with Gasteiger partial charge in [-0.1, -0.05) is 0 Å². The minimum atomic E-state index is -0.503. The lowest BCUT2D eigenvalue weighted by atomic mass is 10.2. The van der Waals surface area contributed by atoms with Crippen LogP contribution >= 0.6 is 0 Å². The maximum absolute atomic E-state index is 11.6. The van der Waals surface area contributed by atoms with Gasteiger partial charge in [0.15, 0.2) is 0 Å². The first-order chi connectivity index (χ1) is 10.1. The van der Waals surface area contributed by atoms with Crippen molar-refractivity contribution in [1.29, 1.82) is 0 Å². The van der Waals surface area contributed by atoms with Gasteiger partial charge in [-0.15, -0.1) is 0 Å². The number of amides is 1. The van der Waals surface area contributed by atoms with E-state index in [1.165, 1.54) is 4.68 Å². The van der Waals surface area contributed by atoms with Crippen LogP contribution in [0, 0.1) is 0 Å². The molecular formula is C13H20N4O4. The first-order valence-electron chi connectivity index (χ1n) is 6.87. The van der Waals surface area contributed by atoms with Crippen LogP contribution in [0.1, 0.15) is 6.42 Å². The second-order valence-corrected chi connectivity index (χ2v) is 4.91. The number of nitrogens with one attached hydrogen (secondary N) is 1. The predicted molar refractivity (Wildman–Crippen MR) is 76.1 cm³/mol. The highest BCUT2D eigenvalue weighted by Gasteiger charge is 2.21. The molecular weight excluding hydrogens is 276 g/mol. The number of aromatic nitrogens is 2. The van der Waals surface area contributed by atoms with E-state index in [-0.39, 0.29) is 11.7 Å². The quantitative estimate of drug-likeness (QED) is 0.685. The molecule has 0 spiro atoms. The molecule has 1 saturated heterocycles. The van der Waals surface area contributed by atoms with Gasteiger partial charge in [-0.25, -0.2) is 4.68 Å². The van der Waals surface area contributed by atoms with Crippen molar-refractivity contribution in [3.63, 3.8) is 0 Å². The summed E-state index contributed by atoms with van der Waals surface area (Å²) in [5, 5.41) is 15.2. The molecule has 1 aliphatic rings. The number of hydrogen-bond donors (Lipinski definition) is 2. The van der Waals surface area contributed by atoms with Crippen molar-refractivity contribution in [2.45, 2.75) is 12.5 Å². The van der Waals surface area contributed by atoms with Crippen molar-refractivity contribution < 1.29 is 14.6 Å². The summed E-state index contributed by atoms with van der Waals surface area (Å²) in [6.45, 7) is 1.86. The fraction of sp³-hybridized carbons (Fsp3) is 0.615. The van der Waals surface area contributed by atoms with Gasteiger partial charge >= 0.3 is 0 Å². The summed E-state index contributed by atoms with van der Waals surface area (Å²) in [5.41, 5.74) is 0.636. The Morgan fingerprint density at radius 2 is 2.43 bits per heavy atom. The normalized spacial score (nSPS) is 18.6. The van der Waals surface area contributed by atoms with Crippen molar-refractivity contribution in [2.75, 3.05) is 37.7 Å². The van der Waals surface area contributed by atoms with Crippen LogP contribution < -0.4 is 15.8 Å². The van der Waals surface area contributed by atoms with Gasteiger partial charge in [-0.2, -0.15) is 5.10 Å². The Bertz CT molecular complexity index is 545. The number of carbonyl (C=O) groups is 1. The smallest absolute Gasteiger partial charge is 0.268 e. The molecule has 21 heavy (non-hydrogen) atoms. The molecule has 1 aromatic heterocycles. The highest BCUT2D eigenvalue weighted by Crippen LogP contribution is 2.16. The van der Waals surface area contributed by atoms with Crippen LogP contribution in [-0.2, 0) is 16.6 Å². The average molecular weight is 296 g/mol. The van der Waals surface area contributed by atoms with Gasteiger partial charge in [0.25, 0.3) is 5.56 Å². The molecule has 2 N–H and O–H groups in total. The number of anilines is 1. The highest BCUT2D eigenvalue weighted by atomic mass is 16.5. The van der Waals surface area contributed by atoms with Crippen LogP contribution in [0.25, 0.3) is 0 Å². The van der Waals surface area contributed by atoms with Crippen LogP contribution in [0.2, 0.25) is 0 Å². The van der Waals surface area contributed by atoms with Crippen molar-refractivity contribution in [2.24, 2.45) is 7.05 Å². The summed E-state index contributed by atoms with van der Waals surface area (Å²) in [7, 11) is 1.61. The molecule has 1 atom stereocenters. The fourth-order valence-corrected chi connectivity index (χ4v) is 2.19. The maximum Gasteiger partial charge on any atom is 0.268 e. The first-order valence-corrected chi connectivity index (χ1v) is 6.87. The first kappa shape index (κ1) is 15.5. The lowest BCUT2D eigenvalue weighted by Gasteiger charge is -2.34. The van der Waals surface area contributed by atoms with Crippen molar-refractivity contribution in [1.82, 2.24) is 15.1 Å². The third kappa shape index (κ3) is 4.27. The topological polar surface area (TPSA) is 96.7 Å². The maximum atomic E-state index is 11.6. The number of aryl methyl sites for hydroxylation is 1. The molecule has 0 aliphatic carbocycles. The molecule has 0 saturated carbocycles. The Morgan fingerprint density at radius 1 is 1.62 bits per heavy atom. The molecule has 1 aromatic rings. The molecule has 8 nitrogen and oxygen atoms in total. The number of morpholine rings is 1. The van der Waals surface area contributed by atoms with E-state index >= 15 is 0 Å². The van der Waals surface area contributed by atoms with Crippen LogP contribution in [0.4, 0.5) is 5.69 Å². The van der Waals surface area contributed by atoms with Gasteiger partial charge in [0.05, 0.1) is 24.6 Å². The minimum Gasteiger partial charge on any atom is -0.387 e. The van der Waals surface area contributed by atoms with Gasteiger partial charge in [-0.05, 0) is 6.42 Å². The number of nitrogens with zero attached hydrogens (tertiary/aromatic N) is 3. The molecule has 2 rings (SSSR count). The summed E-state index contributed by atoms with van der Waals surface area (Å²) in [6, 6.07) is 1.56. The zero-order valence-corrected chi connectivity index (χ0v) is 12.0. The van der Waals surface area contributed by atoms with Crippen LogP contribution in [0.3, 0.4) is 0 Å². The summed E-state index contributed by atoms with van der Waals surface area (Å²) >= 11 is 0. The van der Waals surface area contributed by atoms with Crippen LogP contribution in [-0.4, -0.2) is 59.7 Å². The zero-order valence-electron chi connectivity index (χ0n) is 12.0. The molecule has 0 radical (unpaired) electrons. The summed E-state index contributed by atoms with van der Waals surface area (Å²) < 4.78 is 6.92. The number of aliphatic hydroxyl groups is 1. The molecule has 1 amide bonds. The lowest BCUT2D eigenvalue weighted by molar-refractivity contribution is -0.123. The molecule has 8 heteroatoms. The minimum absolute atomic E-state index is 0.0261. The van der Waals surface area contributed by atoms with E-state index < -0.39 is 12.5 Å². The number of hydrogen-bond acceptors (Lipinski definition) is 6. The van der Waals surface area contributed by atoms with Crippen molar-refractivity contribution >= 4 is 11.6 Å². The van der Waals surface area contributed by atoms with Crippen LogP contribution in [0.5, 0.6) is 0 Å². The van der Waals surface area contributed by atoms with Crippen LogP contribution in [0.15, 0.2) is 17.1 Å². The Kier molecular flexibility index (Phi) is 5.29. The van der Waals surface area contributed by atoms with Gasteiger partial charge < -0.3 is 20.1 Å². The van der Waals surface area contributed by atoms with Gasteiger partial charge in [0.2, 0.25) is 5.91 Å². The van der Waals surface area contributed by atoms with E-state index in [0.717, 1.165) is 5.69 Å². The van der Waals surface area contributed by atoms with Crippen molar-refractivity contribution in [3.05, 3.63) is 22.6 Å². The number of aliphatic hydroxyl groups excluding tert-OH is 1. The standard InChI is InChI=1S/C13H20N4O4/c1-16-13(20)6-10(7-15-16)17-4-5-21-11(8-17)2-3-14-12(19)9-18/h6-7,11,18H,2-5,8-9H2,1H3,(H,14,19). The molecule has 1 unspecified atom stereocenters. The number of ether oxygens (including phenoxy) is 1. The Labute approximate surface area is 122 Å². The summed E-state index contributed by atoms with van der Waals surface area (Å²) in [5.74, 6) is -0.390. The van der Waals surface area contributed by atoms with Gasteiger partial charge in [0.1, 0.15) is 6.61 Å². The van der Waals surface area contributed by atoms with E-state index in [2.05, 4.69) is 15.3 Å². The van der Waals surface area contributed by atoms with E-state index in [0.29, 0.717) is 32.7 Å². The molecule has 1 fully saturated rings. The summed E-state index contributed by atoms with van der Waals surface area (Å²) in [4.78, 5) is 24.6. The van der Waals surface area contributed by atoms with E-state index in [1.807, 2.05) is 0 Å². The Hall–Kier alpha value is -1.93. The highest BCUT2D eigenvalue weighted by molar-refractivity contribution is 5.76. The third-order valence-corrected chi connectivity index (χ3v) is 3.39. The average Bonchev–Trinajstić information content (AvgIpc) is 2.50. The lowest BCUT2D eigenvalue weighted by Crippen LogP contribution is -2.44. The van der Waals surface area contributed by atoms with E-state index in [9.17, 15) is 9.59 Å². The Morgan fingerprint density at radius 3 is 3.14 bits per heavy atom. The SMILES string of the molecule is Cn1ncc(N2CCOC(CCNC(=O)CO)C2)cc1=O. The number of carbonyl (C=O) groups excluding carboxylic acids is 1. The number of rotatable bonds is 5. The van der Waals surface area contributed by atoms with E-state index in [1.54, 1.807) is 19.3 Å². The molecule has 1 aliphatic heterocycles. The largest absolute Gasteiger partial charge is 0.387 e. The van der Waals surface area contributed by atoms with Crippen molar-refractivity contribution in [3.8, 4) is 0 Å². The van der Waals surface area contributed by atoms with Gasteiger partial charge in [0, 0.05) is 32.7 Å². The predicted octanol–water partition coefficient (Wildman–Crippen LogP) is -1.52. The second kappa shape index (κ2) is 7.19. The molecule has 0 aromatic carbocycles. The monoisotopic (exact) mass is 296 g/mol. The summed E-state index contributed by atoms with van der Waals surface area (Å²) in [6.07, 6.45) is 2.29. The Balaban J connectivity index is 1.89. The fourth-order valence-electron chi connectivity index (χ4n) is 2.19. The third-order valence-electron chi connectivity index (χ3n) is 3.39. The second-order valence-electron chi connectivity index (χ2n) is 4.91.